The van der Waals surface area contributed by atoms with Crippen LogP contribution in [0.25, 0.3) is 63.8 Å². The van der Waals surface area contributed by atoms with Crippen molar-refractivity contribution in [2.24, 2.45) is 0 Å². The van der Waals surface area contributed by atoms with Crippen LogP contribution in [-0.4, -0.2) is 240 Å². The van der Waals surface area contributed by atoms with E-state index in [0.29, 0.717) is 193 Å². The van der Waals surface area contributed by atoms with E-state index >= 15 is 0 Å². The molecule has 28 heteroatoms. The number of aromatic amines is 2. The van der Waals surface area contributed by atoms with Crippen molar-refractivity contribution in [3.63, 3.8) is 0 Å². The van der Waals surface area contributed by atoms with Crippen LogP contribution < -0.4 is 18.9 Å². The third-order valence-electron chi connectivity index (χ3n) is 12.0. The molecule has 3 aromatic heterocycles. The average Bonchev–Trinajstić information content (AvgIpc) is 1.64. The number of ether oxygens (including phenoxy) is 12. The number of aliphatic hydroxyl groups excluding tert-OH is 4. The lowest BCUT2D eigenvalue weighted by molar-refractivity contribution is 0.0377. The Morgan fingerprint density at radius 1 is 0.307 bits per heavy atom. The standard InChI is InChI=1S/C60H86N8O16S4/c1-37(2)81-41-9-10-42(82-38(3)4)46-45(41)53-61-54(46)64-58-51(87-35-31-79-27-23-75-19-15-71)52(88-36-32-80-28-24-76-20-16-72)60(68-58)66-56-48-44(84-40(7)8)12-11-43(83-39(5)6)47(48)55(62-56)65-59-50(86-34-30-78-26-22-74-18-14-70)49(57(63-53)67-59)85-33-29-77-25-21-73-17-13-69/h9-12,37-40,69-72H,13-36H2,1-8H3,(H2,61,62,63,64,65,66,67,68). The normalized spacial score (nSPS) is 12.9. The highest BCUT2D eigenvalue weighted by Crippen LogP contribution is 2.47. The van der Waals surface area contributed by atoms with Gasteiger partial charge in [0, 0.05) is 23.0 Å². The molecular formula is C60H86N8O16S4. The fraction of sp³-hybridized carbons (Fsp3) is 0.600. The molecule has 5 aromatic rings. The zero-order chi connectivity index (χ0) is 62.6. The fourth-order valence-electron chi connectivity index (χ4n) is 8.70. The van der Waals surface area contributed by atoms with E-state index in [4.69, 9.17) is 86.7 Å². The molecule has 0 aliphatic carbocycles. The lowest BCUT2D eigenvalue weighted by Crippen LogP contribution is -2.09. The SMILES string of the molecule is CC(C)Oc1ccc(OC(C)C)c2c3nc4nc(nc5[nH]c(nc6nc(nc([nH]3)c12)C(SCCOCCOCCO)=C6SCCOCCOCCO)c1c(OC(C)C)ccc(OC(C)C)c51)C(SCCOCCOCCO)=C4SCCOCCOCCO. The van der Waals surface area contributed by atoms with E-state index in [2.05, 4.69) is 9.97 Å². The van der Waals surface area contributed by atoms with Crippen LogP contribution in [0.15, 0.2) is 24.3 Å². The van der Waals surface area contributed by atoms with Gasteiger partial charge < -0.3 is 87.2 Å². The summed E-state index contributed by atoms with van der Waals surface area (Å²) in [5.74, 6) is 5.57. The van der Waals surface area contributed by atoms with E-state index in [1.54, 1.807) is 0 Å². The quantitative estimate of drug-likeness (QED) is 0.0201. The van der Waals surface area contributed by atoms with Crippen molar-refractivity contribution in [1.29, 1.82) is 0 Å². The summed E-state index contributed by atoms with van der Waals surface area (Å²) in [5, 5.41) is 39.5. The monoisotopic (exact) mass is 1300 g/mol. The summed E-state index contributed by atoms with van der Waals surface area (Å²) in [5.41, 5.74) is 1.57. The highest BCUT2D eigenvalue weighted by molar-refractivity contribution is 8.14. The molecule has 6 N–H and O–H groups in total. The maximum atomic E-state index is 9.26. The molecule has 7 rings (SSSR count). The van der Waals surface area contributed by atoms with Crippen LogP contribution in [0.2, 0.25) is 0 Å². The van der Waals surface area contributed by atoms with Crippen molar-refractivity contribution in [1.82, 2.24) is 39.9 Å². The zero-order valence-corrected chi connectivity index (χ0v) is 54.9. The number of thioether (sulfide) groups is 4. The summed E-state index contributed by atoms with van der Waals surface area (Å²) in [6, 6.07) is 7.54. The van der Waals surface area contributed by atoms with Gasteiger partial charge in [0.05, 0.1) is 198 Å². The molecule has 0 spiro atoms. The number of hydrogen-bond acceptors (Lipinski definition) is 26. The Balaban J connectivity index is 1.57. The van der Waals surface area contributed by atoms with E-state index < -0.39 is 0 Å². The molecule has 0 atom stereocenters. The Hall–Kier alpha value is -4.60. The molecule has 88 heavy (non-hydrogen) atoms. The summed E-state index contributed by atoms with van der Waals surface area (Å²) in [7, 11) is 0. The predicted molar refractivity (Wildman–Crippen MR) is 349 cm³/mol. The van der Waals surface area contributed by atoms with Crippen LogP contribution in [-0.2, 0) is 37.9 Å². The summed E-state index contributed by atoms with van der Waals surface area (Å²) in [6.07, 6.45) is -0.947. The number of fused-ring (bicyclic) bond motifs is 14. The molecule has 0 amide bonds. The summed E-state index contributed by atoms with van der Waals surface area (Å²) in [4.78, 5) is 42.8. The van der Waals surface area contributed by atoms with E-state index in [0.717, 1.165) is 19.6 Å². The molecule has 24 nitrogen and oxygen atoms in total. The highest BCUT2D eigenvalue weighted by Gasteiger charge is 2.30. The third-order valence-corrected chi connectivity index (χ3v) is 16.4. The number of benzene rings is 2. The van der Waals surface area contributed by atoms with Gasteiger partial charge >= 0.3 is 0 Å². The lowest BCUT2D eigenvalue weighted by atomic mass is 10.1. The van der Waals surface area contributed by atoms with E-state index in [1.807, 2.05) is 79.7 Å². The van der Waals surface area contributed by atoms with Crippen LogP contribution in [0.5, 0.6) is 23.0 Å². The van der Waals surface area contributed by atoms with Crippen LogP contribution in [0.4, 0.5) is 0 Å². The highest BCUT2D eigenvalue weighted by atomic mass is 32.2. The average molecular weight is 1300 g/mol. The largest absolute Gasteiger partial charge is 0.490 e. The minimum atomic E-state index is -0.237. The lowest BCUT2D eigenvalue weighted by Gasteiger charge is -2.15. The molecule has 8 bridgehead atoms. The molecule has 2 aromatic carbocycles. The molecule has 0 radical (unpaired) electrons. The molecular weight excluding hydrogens is 1220 g/mol. The second-order valence-electron chi connectivity index (χ2n) is 20.4. The van der Waals surface area contributed by atoms with Crippen molar-refractivity contribution in [2.75, 3.05) is 155 Å². The number of aliphatic hydroxyl groups is 4. The minimum absolute atomic E-state index is 0.0766. The van der Waals surface area contributed by atoms with Gasteiger partial charge in [-0.2, -0.15) is 0 Å². The summed E-state index contributed by atoms with van der Waals surface area (Å²) >= 11 is 6.09. The Labute approximate surface area is 530 Å². The Kier molecular flexibility index (Phi) is 30.8. The molecule has 2 aliphatic heterocycles. The Morgan fingerprint density at radius 2 is 0.511 bits per heavy atom. The molecule has 2 aliphatic rings. The van der Waals surface area contributed by atoms with Crippen molar-refractivity contribution >= 4 is 111 Å². The third kappa shape index (κ3) is 21.2. The smallest absolute Gasteiger partial charge is 0.171 e. The van der Waals surface area contributed by atoms with Gasteiger partial charge in [-0.05, 0) is 79.7 Å². The van der Waals surface area contributed by atoms with E-state index in [1.165, 1.54) is 47.0 Å². The number of nitrogens with one attached hydrogen (secondary N) is 2. The maximum absolute atomic E-state index is 9.26. The topological polar surface area (TPSA) is 301 Å². The molecule has 0 unspecified atom stereocenters. The van der Waals surface area contributed by atoms with Gasteiger partial charge in [0.1, 0.15) is 45.6 Å². The van der Waals surface area contributed by atoms with Gasteiger partial charge in [0.25, 0.3) is 0 Å². The van der Waals surface area contributed by atoms with E-state index in [-0.39, 0.29) is 77.3 Å². The summed E-state index contributed by atoms with van der Waals surface area (Å²) < 4.78 is 72.5. The van der Waals surface area contributed by atoms with Gasteiger partial charge in [0.2, 0.25) is 0 Å². The zero-order valence-electron chi connectivity index (χ0n) is 51.6. The number of rotatable bonds is 44. The second-order valence-corrected chi connectivity index (χ2v) is 24.8. The molecule has 5 heterocycles. The van der Waals surface area contributed by atoms with Crippen LogP contribution >= 0.6 is 47.0 Å². The van der Waals surface area contributed by atoms with Gasteiger partial charge in [-0.25, -0.2) is 29.9 Å². The van der Waals surface area contributed by atoms with Crippen LogP contribution in [0.1, 0.15) is 78.7 Å². The van der Waals surface area contributed by atoms with Gasteiger partial charge in [0.15, 0.2) is 23.3 Å². The van der Waals surface area contributed by atoms with Crippen molar-refractivity contribution in [3.8, 4) is 23.0 Å². The number of aromatic nitrogens is 8. The van der Waals surface area contributed by atoms with Crippen molar-refractivity contribution in [2.45, 2.75) is 79.8 Å². The maximum Gasteiger partial charge on any atom is 0.171 e. The summed E-state index contributed by atoms with van der Waals surface area (Å²) in [6.45, 7) is 20.4. The van der Waals surface area contributed by atoms with Gasteiger partial charge in [-0.3, -0.25) is 0 Å². The van der Waals surface area contributed by atoms with Gasteiger partial charge in [-0.1, -0.05) is 0 Å². The first-order valence-corrected chi connectivity index (χ1v) is 33.7. The van der Waals surface area contributed by atoms with Crippen molar-refractivity contribution in [3.05, 3.63) is 47.6 Å². The van der Waals surface area contributed by atoms with Crippen LogP contribution in [0, 0.1) is 0 Å². The predicted octanol–water partition coefficient (Wildman–Crippen LogP) is 8.04. The molecule has 486 valence electrons. The first kappa shape index (κ1) is 70.9. The first-order chi connectivity index (χ1) is 42.8. The van der Waals surface area contributed by atoms with Gasteiger partial charge in [-0.15, -0.1) is 47.0 Å². The number of hydrogen-bond donors (Lipinski definition) is 6. The molecule has 0 fully saturated rings. The molecule has 0 saturated carbocycles. The Morgan fingerprint density at radius 3 is 0.705 bits per heavy atom. The van der Waals surface area contributed by atoms with E-state index in [9.17, 15) is 20.4 Å². The fourth-order valence-corrected chi connectivity index (χ4v) is 12.8. The second kappa shape index (κ2) is 38.3. The van der Waals surface area contributed by atoms with Crippen molar-refractivity contribution < 1.29 is 77.3 Å². The number of nitrogens with zero attached hydrogens (tertiary/aromatic N) is 6. The van der Waals surface area contributed by atoms with Crippen LogP contribution in [0.3, 0.4) is 0 Å². The number of H-pyrrole nitrogens is 2. The minimum Gasteiger partial charge on any atom is -0.490 e. The first-order valence-electron chi connectivity index (χ1n) is 29.7. The Bertz CT molecular complexity index is 2800. The molecule has 0 saturated heterocycles.